The van der Waals surface area contributed by atoms with E-state index in [0.29, 0.717) is 5.41 Å². The zero-order valence-corrected chi connectivity index (χ0v) is 9.54. The number of rotatable bonds is 2. The Balaban J connectivity index is 2.05. The number of ether oxygens (including phenoxy) is 2. The van der Waals surface area contributed by atoms with Gasteiger partial charge < -0.3 is 15.2 Å². The summed E-state index contributed by atoms with van der Waals surface area (Å²) in [5.41, 5.74) is 6.10. The summed E-state index contributed by atoms with van der Waals surface area (Å²) in [6.45, 7) is 4.50. The van der Waals surface area contributed by atoms with E-state index in [4.69, 9.17) is 15.2 Å². The number of hydrogen-bond acceptors (Lipinski definition) is 3. The SMILES string of the molecule is NCCC1CCOCC12CCCOCC2. The Hall–Kier alpha value is -0.120. The van der Waals surface area contributed by atoms with Crippen LogP contribution in [0.1, 0.15) is 32.1 Å². The lowest BCUT2D eigenvalue weighted by molar-refractivity contribution is -0.0645. The molecule has 0 aliphatic carbocycles. The molecule has 2 unspecified atom stereocenters. The Labute approximate surface area is 92.3 Å². The lowest BCUT2D eigenvalue weighted by Crippen LogP contribution is -2.41. The maximum absolute atomic E-state index is 5.72. The third-order valence-corrected chi connectivity index (χ3v) is 4.09. The molecule has 0 aromatic rings. The summed E-state index contributed by atoms with van der Waals surface area (Å²) < 4.78 is 11.3. The lowest BCUT2D eigenvalue weighted by atomic mass is 9.67. The van der Waals surface area contributed by atoms with Gasteiger partial charge in [0.15, 0.2) is 0 Å². The smallest absolute Gasteiger partial charge is 0.0525 e. The van der Waals surface area contributed by atoms with Gasteiger partial charge in [-0.05, 0) is 50.0 Å². The highest BCUT2D eigenvalue weighted by Gasteiger charge is 2.40. The third kappa shape index (κ3) is 2.52. The molecule has 2 atom stereocenters. The van der Waals surface area contributed by atoms with Crippen molar-refractivity contribution in [2.24, 2.45) is 17.1 Å². The fourth-order valence-electron chi connectivity index (χ4n) is 3.16. The van der Waals surface area contributed by atoms with Gasteiger partial charge in [-0.3, -0.25) is 0 Å². The summed E-state index contributed by atoms with van der Waals surface area (Å²) in [7, 11) is 0. The van der Waals surface area contributed by atoms with Crippen LogP contribution in [0.15, 0.2) is 0 Å². The molecule has 2 rings (SSSR count). The largest absolute Gasteiger partial charge is 0.381 e. The van der Waals surface area contributed by atoms with Gasteiger partial charge in [-0.1, -0.05) is 0 Å². The molecule has 2 saturated heterocycles. The van der Waals surface area contributed by atoms with Gasteiger partial charge in [0.05, 0.1) is 6.61 Å². The summed E-state index contributed by atoms with van der Waals surface area (Å²) in [5, 5.41) is 0. The van der Waals surface area contributed by atoms with E-state index in [-0.39, 0.29) is 0 Å². The number of hydrogen-bond donors (Lipinski definition) is 1. The highest BCUT2D eigenvalue weighted by molar-refractivity contribution is 4.90. The minimum absolute atomic E-state index is 0.383. The molecule has 2 aliphatic heterocycles. The average molecular weight is 213 g/mol. The van der Waals surface area contributed by atoms with E-state index in [1.54, 1.807) is 0 Å². The van der Waals surface area contributed by atoms with Gasteiger partial charge in [0.2, 0.25) is 0 Å². The maximum atomic E-state index is 5.72. The average Bonchev–Trinajstić information content (AvgIpc) is 2.49. The molecule has 0 aromatic heterocycles. The van der Waals surface area contributed by atoms with E-state index in [1.807, 2.05) is 0 Å². The molecule has 0 amide bonds. The van der Waals surface area contributed by atoms with Gasteiger partial charge in [-0.2, -0.15) is 0 Å². The van der Waals surface area contributed by atoms with Gasteiger partial charge >= 0.3 is 0 Å². The quantitative estimate of drug-likeness (QED) is 0.757. The van der Waals surface area contributed by atoms with E-state index < -0.39 is 0 Å². The van der Waals surface area contributed by atoms with Crippen LogP contribution in [-0.4, -0.2) is 33.0 Å². The molecule has 2 fully saturated rings. The first kappa shape index (κ1) is 11.4. The summed E-state index contributed by atoms with van der Waals surface area (Å²) >= 11 is 0. The van der Waals surface area contributed by atoms with Crippen LogP contribution >= 0.6 is 0 Å². The monoisotopic (exact) mass is 213 g/mol. The topological polar surface area (TPSA) is 44.5 Å². The van der Waals surface area contributed by atoms with Crippen LogP contribution in [0.5, 0.6) is 0 Å². The van der Waals surface area contributed by atoms with Crippen molar-refractivity contribution in [3.05, 3.63) is 0 Å². The molecule has 3 nitrogen and oxygen atoms in total. The molecular formula is C12H23NO2. The predicted octanol–water partition coefficient (Wildman–Crippen LogP) is 1.56. The normalized spacial score (nSPS) is 37.8. The first-order valence-corrected chi connectivity index (χ1v) is 6.23. The predicted molar refractivity (Wildman–Crippen MR) is 59.7 cm³/mol. The second kappa shape index (κ2) is 5.28. The van der Waals surface area contributed by atoms with Crippen molar-refractivity contribution in [2.45, 2.75) is 32.1 Å². The second-order valence-electron chi connectivity index (χ2n) is 4.94. The molecule has 2 N–H and O–H groups in total. The minimum atomic E-state index is 0.383. The minimum Gasteiger partial charge on any atom is -0.381 e. The third-order valence-electron chi connectivity index (χ3n) is 4.09. The van der Waals surface area contributed by atoms with Crippen LogP contribution in [0.25, 0.3) is 0 Å². The lowest BCUT2D eigenvalue weighted by Gasteiger charge is -2.43. The molecule has 15 heavy (non-hydrogen) atoms. The van der Waals surface area contributed by atoms with E-state index >= 15 is 0 Å². The van der Waals surface area contributed by atoms with Crippen molar-refractivity contribution in [3.8, 4) is 0 Å². The van der Waals surface area contributed by atoms with Crippen molar-refractivity contribution < 1.29 is 9.47 Å². The Morgan fingerprint density at radius 1 is 1.13 bits per heavy atom. The fraction of sp³-hybridized carbons (Fsp3) is 1.00. The molecule has 0 bridgehead atoms. The summed E-state index contributed by atoms with van der Waals surface area (Å²) in [5.74, 6) is 0.762. The van der Waals surface area contributed by atoms with Crippen molar-refractivity contribution in [1.82, 2.24) is 0 Å². The Kier molecular flexibility index (Phi) is 4.00. The molecule has 0 saturated carbocycles. The van der Waals surface area contributed by atoms with Crippen LogP contribution in [0.4, 0.5) is 0 Å². The number of nitrogens with two attached hydrogens (primary N) is 1. The van der Waals surface area contributed by atoms with E-state index in [9.17, 15) is 0 Å². The van der Waals surface area contributed by atoms with Crippen LogP contribution in [0.3, 0.4) is 0 Å². The molecule has 1 spiro atoms. The standard InChI is InChI=1S/C12H23NO2/c13-6-2-11-3-8-15-10-12(11)4-1-7-14-9-5-12/h11H,1-10,13H2. The Morgan fingerprint density at radius 3 is 2.93 bits per heavy atom. The molecule has 88 valence electrons. The van der Waals surface area contributed by atoms with E-state index in [0.717, 1.165) is 51.7 Å². The van der Waals surface area contributed by atoms with Crippen LogP contribution in [0.2, 0.25) is 0 Å². The van der Waals surface area contributed by atoms with Crippen molar-refractivity contribution in [1.29, 1.82) is 0 Å². The van der Waals surface area contributed by atoms with Crippen LogP contribution in [0, 0.1) is 11.3 Å². The first-order valence-electron chi connectivity index (χ1n) is 6.23. The summed E-state index contributed by atoms with van der Waals surface area (Å²) in [6, 6.07) is 0. The zero-order chi connectivity index (χ0) is 10.6. The van der Waals surface area contributed by atoms with Crippen molar-refractivity contribution >= 4 is 0 Å². The van der Waals surface area contributed by atoms with Crippen LogP contribution in [-0.2, 0) is 9.47 Å². The molecule has 2 heterocycles. The van der Waals surface area contributed by atoms with Gasteiger partial charge in [0.1, 0.15) is 0 Å². The van der Waals surface area contributed by atoms with Crippen molar-refractivity contribution in [2.75, 3.05) is 33.0 Å². The zero-order valence-electron chi connectivity index (χ0n) is 9.54. The first-order chi connectivity index (χ1) is 7.37. The Morgan fingerprint density at radius 2 is 2.07 bits per heavy atom. The highest BCUT2D eigenvalue weighted by Crippen LogP contribution is 2.44. The fourth-order valence-corrected chi connectivity index (χ4v) is 3.16. The van der Waals surface area contributed by atoms with Gasteiger partial charge in [-0.25, -0.2) is 0 Å². The maximum Gasteiger partial charge on any atom is 0.0525 e. The molecule has 3 heteroatoms. The molecule has 2 aliphatic rings. The Bertz CT molecular complexity index is 186. The van der Waals surface area contributed by atoms with E-state index in [1.165, 1.54) is 19.3 Å². The van der Waals surface area contributed by atoms with Crippen molar-refractivity contribution in [3.63, 3.8) is 0 Å². The van der Waals surface area contributed by atoms with Crippen LogP contribution < -0.4 is 5.73 Å². The molecule has 0 aromatic carbocycles. The van der Waals surface area contributed by atoms with Gasteiger partial charge in [0.25, 0.3) is 0 Å². The van der Waals surface area contributed by atoms with Gasteiger partial charge in [-0.15, -0.1) is 0 Å². The molecular weight excluding hydrogens is 190 g/mol. The van der Waals surface area contributed by atoms with E-state index in [2.05, 4.69) is 0 Å². The summed E-state index contributed by atoms with van der Waals surface area (Å²) in [6.07, 6.45) is 5.96. The summed E-state index contributed by atoms with van der Waals surface area (Å²) in [4.78, 5) is 0. The highest BCUT2D eigenvalue weighted by atomic mass is 16.5. The second-order valence-corrected chi connectivity index (χ2v) is 4.94. The molecule has 0 radical (unpaired) electrons. The van der Waals surface area contributed by atoms with Gasteiger partial charge in [0, 0.05) is 19.8 Å².